The first-order valence-corrected chi connectivity index (χ1v) is 7.38. The predicted molar refractivity (Wildman–Crippen MR) is 74.6 cm³/mol. The second-order valence-electron chi connectivity index (χ2n) is 6.22. The van der Waals surface area contributed by atoms with Crippen molar-refractivity contribution in [3.05, 3.63) is 29.6 Å². The van der Waals surface area contributed by atoms with E-state index in [-0.39, 0.29) is 5.91 Å². The minimum Gasteiger partial charge on any atom is -0.356 e. The van der Waals surface area contributed by atoms with Crippen molar-refractivity contribution in [1.82, 2.24) is 10.3 Å². The molecule has 1 aromatic heterocycles. The van der Waals surface area contributed by atoms with Crippen LogP contribution < -0.4 is 5.32 Å². The van der Waals surface area contributed by atoms with Gasteiger partial charge in [0.15, 0.2) is 0 Å². The molecular weight excluding hydrogens is 236 g/mol. The lowest BCUT2D eigenvalue weighted by atomic mass is 9.89. The van der Waals surface area contributed by atoms with Gasteiger partial charge < -0.3 is 5.32 Å². The Morgan fingerprint density at radius 3 is 3.00 bits per heavy atom. The average molecular weight is 258 g/mol. The summed E-state index contributed by atoms with van der Waals surface area (Å²) in [6.07, 6.45) is 9.60. The summed E-state index contributed by atoms with van der Waals surface area (Å²) >= 11 is 0. The highest BCUT2D eigenvalue weighted by Crippen LogP contribution is 2.47. The number of amides is 1. The lowest BCUT2D eigenvalue weighted by molar-refractivity contribution is -0.120. The Kier molecular flexibility index (Phi) is 3.54. The maximum atomic E-state index is 12.0. The van der Waals surface area contributed by atoms with Gasteiger partial charge in [-0.1, -0.05) is 6.42 Å². The molecule has 0 aromatic carbocycles. The molecule has 3 rings (SSSR count). The van der Waals surface area contributed by atoms with Gasteiger partial charge in [0.25, 0.3) is 0 Å². The van der Waals surface area contributed by atoms with Crippen LogP contribution in [0.1, 0.15) is 36.8 Å². The average Bonchev–Trinajstić information content (AvgIpc) is 3.01. The van der Waals surface area contributed by atoms with E-state index in [4.69, 9.17) is 0 Å². The van der Waals surface area contributed by atoms with Gasteiger partial charge in [0.1, 0.15) is 0 Å². The number of nitrogens with zero attached hydrogens (tertiary/aromatic N) is 1. The number of hydrogen-bond donors (Lipinski definition) is 1. The summed E-state index contributed by atoms with van der Waals surface area (Å²) in [6.45, 7) is 2.88. The zero-order valence-corrected chi connectivity index (χ0v) is 11.6. The third kappa shape index (κ3) is 2.80. The first-order chi connectivity index (χ1) is 9.22. The molecule has 1 amide bonds. The highest BCUT2D eigenvalue weighted by atomic mass is 16.1. The Labute approximate surface area is 114 Å². The second-order valence-corrected chi connectivity index (χ2v) is 6.22. The Balaban J connectivity index is 1.48. The molecule has 1 aromatic rings. The van der Waals surface area contributed by atoms with Gasteiger partial charge in [-0.25, -0.2) is 0 Å². The number of fused-ring (bicyclic) bond motifs is 2. The Morgan fingerprint density at radius 2 is 2.32 bits per heavy atom. The molecule has 1 N–H and O–H groups in total. The molecule has 2 saturated carbocycles. The van der Waals surface area contributed by atoms with E-state index in [9.17, 15) is 4.79 Å². The molecule has 0 unspecified atom stereocenters. The standard InChI is InChI=1S/C16H22N2O/c1-11-9-17-5-4-13(11)8-16(19)18-10-15-7-12-2-3-14(15)6-12/h4-5,9,12,14-15H,2-3,6-8,10H2,1H3,(H,18,19)/t12-,14-,15-/m0/s1. The van der Waals surface area contributed by atoms with Crippen LogP contribution in [-0.4, -0.2) is 17.4 Å². The number of pyridine rings is 1. The van der Waals surface area contributed by atoms with Crippen LogP contribution in [0.25, 0.3) is 0 Å². The van der Waals surface area contributed by atoms with Crippen molar-refractivity contribution in [2.45, 2.75) is 39.0 Å². The summed E-state index contributed by atoms with van der Waals surface area (Å²) < 4.78 is 0. The number of carbonyl (C=O) groups excluding carboxylic acids is 1. The monoisotopic (exact) mass is 258 g/mol. The van der Waals surface area contributed by atoms with E-state index in [0.29, 0.717) is 6.42 Å². The normalized spacial score (nSPS) is 28.6. The first kappa shape index (κ1) is 12.6. The third-order valence-electron chi connectivity index (χ3n) is 4.93. The summed E-state index contributed by atoms with van der Waals surface area (Å²) in [4.78, 5) is 16.1. The van der Waals surface area contributed by atoms with Gasteiger partial charge in [0.05, 0.1) is 6.42 Å². The number of rotatable bonds is 4. The summed E-state index contributed by atoms with van der Waals surface area (Å²) in [5, 5.41) is 3.13. The molecule has 3 atom stereocenters. The van der Waals surface area contributed by atoms with Crippen molar-refractivity contribution in [2.24, 2.45) is 17.8 Å². The number of aromatic nitrogens is 1. The van der Waals surface area contributed by atoms with Crippen LogP contribution in [0, 0.1) is 24.7 Å². The van der Waals surface area contributed by atoms with Crippen LogP contribution in [0.4, 0.5) is 0 Å². The van der Waals surface area contributed by atoms with E-state index in [1.165, 1.54) is 25.7 Å². The highest BCUT2D eigenvalue weighted by molar-refractivity contribution is 5.78. The fraction of sp³-hybridized carbons (Fsp3) is 0.625. The molecule has 2 fully saturated rings. The second kappa shape index (κ2) is 5.32. The quantitative estimate of drug-likeness (QED) is 0.901. The smallest absolute Gasteiger partial charge is 0.224 e. The molecule has 3 heteroatoms. The van der Waals surface area contributed by atoms with Crippen molar-refractivity contribution < 1.29 is 4.79 Å². The first-order valence-electron chi connectivity index (χ1n) is 7.38. The maximum Gasteiger partial charge on any atom is 0.224 e. The largest absolute Gasteiger partial charge is 0.356 e. The van der Waals surface area contributed by atoms with E-state index in [1.54, 1.807) is 6.20 Å². The summed E-state index contributed by atoms with van der Waals surface area (Å²) in [5.74, 6) is 2.72. The molecule has 2 aliphatic rings. The zero-order chi connectivity index (χ0) is 13.2. The van der Waals surface area contributed by atoms with Crippen LogP contribution in [0.5, 0.6) is 0 Å². The van der Waals surface area contributed by atoms with Crippen LogP contribution in [0.15, 0.2) is 18.5 Å². The van der Waals surface area contributed by atoms with Crippen LogP contribution in [0.2, 0.25) is 0 Å². The molecule has 0 aliphatic heterocycles. The Morgan fingerprint density at radius 1 is 1.42 bits per heavy atom. The molecule has 2 bridgehead atoms. The van der Waals surface area contributed by atoms with E-state index in [1.807, 2.05) is 19.2 Å². The van der Waals surface area contributed by atoms with Gasteiger partial charge in [-0.15, -0.1) is 0 Å². The van der Waals surface area contributed by atoms with Gasteiger partial charge in [-0.3, -0.25) is 9.78 Å². The van der Waals surface area contributed by atoms with Crippen molar-refractivity contribution >= 4 is 5.91 Å². The van der Waals surface area contributed by atoms with E-state index in [2.05, 4.69) is 10.3 Å². The number of nitrogens with one attached hydrogen (secondary N) is 1. The SMILES string of the molecule is Cc1cnccc1CC(=O)NC[C@@H]1C[C@H]2CC[C@H]1C2. The van der Waals surface area contributed by atoms with Gasteiger partial charge in [-0.05, 0) is 61.1 Å². The molecule has 0 spiro atoms. The molecule has 2 aliphatic carbocycles. The zero-order valence-electron chi connectivity index (χ0n) is 11.6. The fourth-order valence-corrected chi connectivity index (χ4v) is 3.81. The highest BCUT2D eigenvalue weighted by Gasteiger charge is 2.39. The van der Waals surface area contributed by atoms with E-state index < -0.39 is 0 Å². The minimum absolute atomic E-state index is 0.150. The third-order valence-corrected chi connectivity index (χ3v) is 4.93. The fourth-order valence-electron chi connectivity index (χ4n) is 3.81. The van der Waals surface area contributed by atoms with Crippen molar-refractivity contribution in [1.29, 1.82) is 0 Å². The van der Waals surface area contributed by atoms with Crippen LogP contribution >= 0.6 is 0 Å². The van der Waals surface area contributed by atoms with Crippen LogP contribution in [0.3, 0.4) is 0 Å². The maximum absolute atomic E-state index is 12.0. The van der Waals surface area contributed by atoms with Gasteiger partial charge in [0.2, 0.25) is 5.91 Å². The van der Waals surface area contributed by atoms with Crippen LogP contribution in [-0.2, 0) is 11.2 Å². The lowest BCUT2D eigenvalue weighted by Crippen LogP contribution is -2.32. The van der Waals surface area contributed by atoms with E-state index in [0.717, 1.165) is 35.4 Å². The topological polar surface area (TPSA) is 42.0 Å². The van der Waals surface area contributed by atoms with Crippen molar-refractivity contribution in [2.75, 3.05) is 6.54 Å². The molecule has 1 heterocycles. The molecule has 3 nitrogen and oxygen atoms in total. The van der Waals surface area contributed by atoms with Gasteiger partial charge in [-0.2, -0.15) is 0 Å². The molecule has 19 heavy (non-hydrogen) atoms. The summed E-state index contributed by atoms with van der Waals surface area (Å²) in [7, 11) is 0. The predicted octanol–water partition coefficient (Wildman–Crippen LogP) is 2.48. The Bertz CT molecular complexity index is 472. The molecule has 0 radical (unpaired) electrons. The number of aryl methyl sites for hydroxylation is 1. The minimum atomic E-state index is 0.150. The molecule has 102 valence electrons. The van der Waals surface area contributed by atoms with Crippen molar-refractivity contribution in [3.8, 4) is 0 Å². The molecular formula is C16H22N2O. The Hall–Kier alpha value is -1.38. The number of hydrogen-bond acceptors (Lipinski definition) is 2. The van der Waals surface area contributed by atoms with Gasteiger partial charge in [0, 0.05) is 18.9 Å². The van der Waals surface area contributed by atoms with E-state index >= 15 is 0 Å². The summed E-state index contributed by atoms with van der Waals surface area (Å²) in [6, 6.07) is 1.94. The number of carbonyl (C=O) groups is 1. The molecule has 0 saturated heterocycles. The van der Waals surface area contributed by atoms with Crippen molar-refractivity contribution in [3.63, 3.8) is 0 Å². The lowest BCUT2D eigenvalue weighted by Gasteiger charge is -2.21. The van der Waals surface area contributed by atoms with Gasteiger partial charge >= 0.3 is 0 Å². The summed E-state index contributed by atoms with van der Waals surface area (Å²) in [5.41, 5.74) is 2.18.